The van der Waals surface area contributed by atoms with Crippen LogP contribution in [-0.2, 0) is 22.4 Å². The molecule has 0 radical (unpaired) electrons. The van der Waals surface area contributed by atoms with Gasteiger partial charge in [-0.15, -0.1) is 0 Å². The number of carbonyl (C=O) groups excluding carboxylic acids is 1. The summed E-state index contributed by atoms with van der Waals surface area (Å²) in [5, 5.41) is 12.0. The fourth-order valence-electron chi connectivity index (χ4n) is 3.80. The minimum atomic E-state index is -5.61. The van der Waals surface area contributed by atoms with Gasteiger partial charge in [-0.3, -0.25) is 0 Å². The van der Waals surface area contributed by atoms with Gasteiger partial charge in [0, 0.05) is 32.5 Å². The zero-order chi connectivity index (χ0) is 29.6. The zero-order valence-corrected chi connectivity index (χ0v) is 22.3. The quantitative estimate of drug-likeness (QED) is 0.186. The largest absolute Gasteiger partial charge is 0.492 e. The Labute approximate surface area is 230 Å². The highest BCUT2D eigenvalue weighted by Crippen LogP contribution is 2.39. The normalized spacial score (nSPS) is 12.6. The Morgan fingerprint density at radius 2 is 1.62 bits per heavy atom. The first-order chi connectivity index (χ1) is 18.9. The van der Waals surface area contributed by atoms with Crippen LogP contribution in [0.5, 0.6) is 5.75 Å². The van der Waals surface area contributed by atoms with Gasteiger partial charge in [-0.2, -0.15) is 22.0 Å². The molecule has 0 aliphatic heterocycles. The average molecular weight is 575 g/mol. The number of carbonyl (C=O) groups is 2. The van der Waals surface area contributed by atoms with E-state index in [1.807, 2.05) is 30.3 Å². The van der Waals surface area contributed by atoms with Crippen molar-refractivity contribution in [3.8, 4) is 5.75 Å². The summed E-state index contributed by atoms with van der Waals surface area (Å²) < 4.78 is 74.7. The summed E-state index contributed by atoms with van der Waals surface area (Å²) >= 11 is 0. The predicted molar refractivity (Wildman–Crippen MR) is 139 cm³/mol. The number of amides is 2. The van der Waals surface area contributed by atoms with Gasteiger partial charge in [0.15, 0.2) is 6.10 Å². The molecular weight excluding hydrogens is 539 g/mol. The number of carboxylic acids is 1. The van der Waals surface area contributed by atoms with Gasteiger partial charge < -0.3 is 24.8 Å². The van der Waals surface area contributed by atoms with E-state index in [2.05, 4.69) is 5.32 Å². The van der Waals surface area contributed by atoms with E-state index in [0.29, 0.717) is 18.7 Å². The number of urea groups is 1. The van der Waals surface area contributed by atoms with Crippen molar-refractivity contribution in [1.82, 2.24) is 10.2 Å². The molecule has 0 fully saturated rings. The lowest BCUT2D eigenvalue weighted by Gasteiger charge is -2.24. The number of ether oxygens (including phenoxy) is 2. The molecule has 2 amide bonds. The molecule has 0 aliphatic rings. The molecule has 2 N–H and O–H groups in total. The molecule has 0 saturated heterocycles. The Balaban J connectivity index is 1.90. The SMILES string of the molecule is CCOC(Cc1ccc(OCCN(CCCCC(F)(F)C(F)(F)F)C(=O)NCCc2ccccc2)cc1)C(=O)O. The van der Waals surface area contributed by atoms with E-state index in [-0.39, 0.29) is 39.1 Å². The maximum Gasteiger partial charge on any atom is 0.453 e. The number of alkyl halides is 5. The molecule has 12 heteroatoms. The van der Waals surface area contributed by atoms with Crippen molar-refractivity contribution < 1.29 is 46.1 Å². The van der Waals surface area contributed by atoms with Crippen molar-refractivity contribution in [1.29, 1.82) is 0 Å². The Hall–Kier alpha value is -3.41. The number of rotatable bonds is 17. The molecule has 1 atom stereocenters. The molecule has 2 aromatic rings. The first-order valence-corrected chi connectivity index (χ1v) is 13.0. The highest BCUT2D eigenvalue weighted by Gasteiger charge is 2.56. The van der Waals surface area contributed by atoms with Crippen LogP contribution in [0.25, 0.3) is 0 Å². The maximum absolute atomic E-state index is 13.2. The van der Waals surface area contributed by atoms with Crippen LogP contribution in [0.4, 0.5) is 26.7 Å². The van der Waals surface area contributed by atoms with Crippen molar-refractivity contribution >= 4 is 12.0 Å². The lowest BCUT2D eigenvalue weighted by Crippen LogP contribution is -2.43. The zero-order valence-electron chi connectivity index (χ0n) is 22.3. The van der Waals surface area contributed by atoms with Crippen LogP contribution in [0, 0.1) is 0 Å². The molecule has 0 heterocycles. The lowest BCUT2D eigenvalue weighted by molar-refractivity contribution is -0.284. The number of aliphatic carboxylic acids is 1. The molecule has 0 aliphatic carbocycles. The summed E-state index contributed by atoms with van der Waals surface area (Å²) in [6, 6.07) is 15.6. The van der Waals surface area contributed by atoms with Gasteiger partial charge >= 0.3 is 24.1 Å². The monoisotopic (exact) mass is 574 g/mol. The third-order valence-corrected chi connectivity index (χ3v) is 6.02. The highest BCUT2D eigenvalue weighted by atomic mass is 19.4. The number of nitrogens with zero attached hydrogens (tertiary/aromatic N) is 1. The summed E-state index contributed by atoms with van der Waals surface area (Å²) in [5.74, 6) is -5.38. The van der Waals surface area contributed by atoms with Gasteiger partial charge in [-0.05, 0) is 49.4 Å². The Bertz CT molecular complexity index is 1040. The highest BCUT2D eigenvalue weighted by molar-refractivity contribution is 5.74. The van der Waals surface area contributed by atoms with Crippen molar-refractivity contribution in [2.45, 2.75) is 57.2 Å². The molecule has 40 heavy (non-hydrogen) atoms. The van der Waals surface area contributed by atoms with Gasteiger partial charge in [0.2, 0.25) is 0 Å². The molecule has 1 unspecified atom stereocenters. The molecule has 0 spiro atoms. The Morgan fingerprint density at radius 1 is 0.950 bits per heavy atom. The number of halogens is 5. The molecule has 2 aromatic carbocycles. The number of carboxylic acid groups (broad SMARTS) is 1. The molecular formula is C28H35F5N2O5. The van der Waals surface area contributed by atoms with Gasteiger partial charge in [0.05, 0.1) is 6.54 Å². The first-order valence-electron chi connectivity index (χ1n) is 13.0. The second-order valence-corrected chi connectivity index (χ2v) is 9.09. The van der Waals surface area contributed by atoms with Gasteiger partial charge in [-0.1, -0.05) is 42.5 Å². The number of hydrogen-bond acceptors (Lipinski definition) is 4. The summed E-state index contributed by atoms with van der Waals surface area (Å²) in [6.07, 6.45) is -7.65. The van der Waals surface area contributed by atoms with E-state index in [1.54, 1.807) is 31.2 Å². The lowest BCUT2D eigenvalue weighted by atomic mass is 10.1. The van der Waals surface area contributed by atoms with Gasteiger partial charge in [0.25, 0.3) is 0 Å². The van der Waals surface area contributed by atoms with Crippen molar-refractivity contribution in [2.24, 2.45) is 0 Å². The molecule has 0 bridgehead atoms. The standard InChI is InChI=1S/C28H35F5N2O5/c1-2-39-24(25(36)37)20-22-10-12-23(13-11-22)40-19-18-35(17-7-6-15-27(29,30)28(31,32)33)26(38)34-16-14-21-8-4-3-5-9-21/h3-5,8-13,24H,2,6-7,14-20H2,1H3,(H,34,38)(H,36,37). The second-order valence-electron chi connectivity index (χ2n) is 9.09. The smallest absolute Gasteiger partial charge is 0.453 e. The van der Waals surface area contributed by atoms with E-state index in [1.165, 1.54) is 4.90 Å². The van der Waals surface area contributed by atoms with Crippen LogP contribution >= 0.6 is 0 Å². The summed E-state index contributed by atoms with van der Waals surface area (Å²) in [5.41, 5.74) is 1.73. The molecule has 2 rings (SSSR count). The van der Waals surface area contributed by atoms with Crippen molar-refractivity contribution in [2.75, 3.05) is 32.8 Å². The van der Waals surface area contributed by atoms with Crippen LogP contribution in [0.2, 0.25) is 0 Å². The third kappa shape index (κ3) is 11.4. The van der Waals surface area contributed by atoms with Crippen LogP contribution < -0.4 is 10.1 Å². The van der Waals surface area contributed by atoms with E-state index in [0.717, 1.165) is 11.1 Å². The van der Waals surface area contributed by atoms with Crippen molar-refractivity contribution in [3.05, 3.63) is 65.7 Å². The number of nitrogens with one attached hydrogen (secondary N) is 1. The van der Waals surface area contributed by atoms with E-state index in [4.69, 9.17) is 9.47 Å². The van der Waals surface area contributed by atoms with E-state index < -0.39 is 43.0 Å². The Morgan fingerprint density at radius 3 is 2.23 bits per heavy atom. The Kier molecular flexibility index (Phi) is 13.1. The number of hydrogen-bond donors (Lipinski definition) is 2. The topological polar surface area (TPSA) is 88.1 Å². The minimum absolute atomic E-state index is 0.0264. The van der Waals surface area contributed by atoms with E-state index in [9.17, 15) is 36.6 Å². The summed E-state index contributed by atoms with van der Waals surface area (Å²) in [4.78, 5) is 25.3. The first kappa shape index (κ1) is 32.8. The fourth-order valence-corrected chi connectivity index (χ4v) is 3.80. The average Bonchev–Trinajstić information content (AvgIpc) is 2.90. The second kappa shape index (κ2) is 16.0. The van der Waals surface area contributed by atoms with Crippen LogP contribution in [0.15, 0.2) is 54.6 Å². The number of unbranched alkanes of at least 4 members (excludes halogenated alkanes) is 1. The van der Waals surface area contributed by atoms with Crippen LogP contribution in [0.3, 0.4) is 0 Å². The summed E-state index contributed by atoms with van der Waals surface area (Å²) in [7, 11) is 0. The van der Waals surface area contributed by atoms with Crippen LogP contribution in [0.1, 0.15) is 37.3 Å². The molecule has 0 saturated carbocycles. The number of benzene rings is 2. The summed E-state index contributed by atoms with van der Waals surface area (Å²) in [6.45, 7) is 2.37. The predicted octanol–water partition coefficient (Wildman–Crippen LogP) is 5.72. The van der Waals surface area contributed by atoms with E-state index >= 15 is 0 Å². The molecule has 222 valence electrons. The maximum atomic E-state index is 13.2. The van der Waals surface area contributed by atoms with Crippen LogP contribution in [-0.4, -0.2) is 73.1 Å². The van der Waals surface area contributed by atoms with Gasteiger partial charge in [-0.25, -0.2) is 9.59 Å². The molecule has 0 aromatic heterocycles. The van der Waals surface area contributed by atoms with Gasteiger partial charge in [0.1, 0.15) is 12.4 Å². The minimum Gasteiger partial charge on any atom is -0.492 e. The fraction of sp³-hybridized carbons (Fsp3) is 0.500. The molecule has 7 nitrogen and oxygen atoms in total. The van der Waals surface area contributed by atoms with Crippen molar-refractivity contribution in [3.63, 3.8) is 0 Å². The third-order valence-electron chi connectivity index (χ3n) is 6.02.